The molecule has 88 valence electrons. The van der Waals surface area contributed by atoms with Crippen LogP contribution in [0.4, 0.5) is 13.2 Å². The van der Waals surface area contributed by atoms with Gasteiger partial charge in [0.1, 0.15) is 5.03 Å². The summed E-state index contributed by atoms with van der Waals surface area (Å²) in [6, 6.07) is 0. The lowest BCUT2D eigenvalue weighted by Gasteiger charge is -2.04. The van der Waals surface area contributed by atoms with Crippen molar-refractivity contribution in [2.45, 2.75) is 6.18 Å². The van der Waals surface area contributed by atoms with Gasteiger partial charge in [0.05, 0.1) is 11.9 Å². The highest BCUT2D eigenvalue weighted by Crippen LogP contribution is 2.30. The van der Waals surface area contributed by atoms with E-state index in [1.807, 2.05) is 0 Å². The number of nitrogens with zero attached hydrogens (tertiary/aromatic N) is 2. The van der Waals surface area contributed by atoms with Gasteiger partial charge in [-0.05, 0) is 6.08 Å². The zero-order chi connectivity index (χ0) is 12.5. The van der Waals surface area contributed by atoms with E-state index < -0.39 is 17.2 Å². The predicted molar refractivity (Wildman–Crippen MR) is 50.1 cm³/mol. The molecule has 1 aromatic heterocycles. The molecule has 8 heteroatoms. The average Bonchev–Trinajstić information content (AvgIpc) is 2.46. The fraction of sp³-hybridized carbons (Fsp3) is 0.250. The van der Waals surface area contributed by atoms with E-state index in [1.54, 1.807) is 0 Å². The van der Waals surface area contributed by atoms with Gasteiger partial charge in [-0.2, -0.15) is 13.2 Å². The van der Waals surface area contributed by atoms with Gasteiger partial charge in [0, 0.05) is 7.05 Å². The summed E-state index contributed by atoms with van der Waals surface area (Å²) in [4.78, 5) is 14.0. The molecule has 0 saturated heterocycles. The quantitative estimate of drug-likeness (QED) is 0.881. The van der Waals surface area contributed by atoms with Gasteiger partial charge in [-0.1, -0.05) is 11.6 Å². The van der Waals surface area contributed by atoms with Crippen LogP contribution in [0.15, 0.2) is 11.2 Å². The number of hydrogen-bond acceptors (Lipinski definition) is 2. The first-order chi connectivity index (χ1) is 7.23. The Balaban J connectivity index is 3.13. The van der Waals surface area contributed by atoms with Crippen LogP contribution < -0.4 is 0 Å². The number of carboxylic acid groups (broad SMARTS) is 1. The van der Waals surface area contributed by atoms with Crippen molar-refractivity contribution in [3.8, 4) is 0 Å². The highest BCUT2D eigenvalue weighted by Gasteiger charge is 2.32. The van der Waals surface area contributed by atoms with Gasteiger partial charge in [0.2, 0.25) is 5.82 Å². The summed E-state index contributed by atoms with van der Waals surface area (Å²) in [7, 11) is 1.28. The van der Waals surface area contributed by atoms with Crippen LogP contribution >= 0.6 is 11.6 Å². The molecule has 0 aromatic carbocycles. The lowest BCUT2D eigenvalue weighted by atomic mass is 10.4. The smallest absolute Gasteiger partial charge is 0.427 e. The second-order valence-electron chi connectivity index (χ2n) is 2.86. The number of aromatic carboxylic acids is 1. The maximum absolute atomic E-state index is 12.1. The Bertz CT molecular complexity index is 451. The van der Waals surface area contributed by atoms with Crippen LogP contribution in [-0.4, -0.2) is 26.8 Å². The lowest BCUT2D eigenvalue weighted by Crippen LogP contribution is -2.09. The number of alkyl halides is 3. The van der Waals surface area contributed by atoms with E-state index in [4.69, 9.17) is 16.7 Å². The molecular formula is C8H6ClF3N2O2. The molecule has 1 aromatic rings. The summed E-state index contributed by atoms with van der Waals surface area (Å²) in [5, 5.41) is 7.27. The molecule has 0 aliphatic rings. The van der Waals surface area contributed by atoms with Gasteiger partial charge < -0.3 is 9.67 Å². The molecule has 1 rings (SSSR count). The van der Waals surface area contributed by atoms with Gasteiger partial charge >= 0.3 is 12.1 Å². The normalized spacial score (nSPS) is 12.9. The van der Waals surface area contributed by atoms with E-state index in [9.17, 15) is 18.0 Å². The molecule has 1 heterocycles. The number of halogens is 4. The second kappa shape index (κ2) is 4.17. The monoisotopic (exact) mass is 254 g/mol. The zero-order valence-electron chi connectivity index (χ0n) is 7.92. The molecule has 0 aliphatic carbocycles. The molecule has 0 unspecified atom stereocenters. The van der Waals surface area contributed by atoms with Gasteiger partial charge in [-0.3, -0.25) is 0 Å². The minimum Gasteiger partial charge on any atom is -0.475 e. The maximum atomic E-state index is 12.1. The Morgan fingerprint density at radius 3 is 2.56 bits per heavy atom. The van der Waals surface area contributed by atoms with E-state index in [2.05, 4.69) is 4.98 Å². The fourth-order valence-corrected chi connectivity index (χ4v) is 1.08. The van der Waals surface area contributed by atoms with Gasteiger partial charge in [0.25, 0.3) is 0 Å². The number of aromatic nitrogens is 2. The van der Waals surface area contributed by atoms with Gasteiger partial charge in [-0.15, -0.1) is 0 Å². The van der Waals surface area contributed by atoms with Crippen molar-refractivity contribution in [1.82, 2.24) is 9.55 Å². The van der Waals surface area contributed by atoms with Crippen molar-refractivity contribution >= 4 is 23.6 Å². The SMILES string of the molecule is Cn1c(/C=C(\Cl)C(F)(F)F)cnc1C(=O)O. The first-order valence-corrected chi connectivity index (χ1v) is 4.30. The van der Waals surface area contributed by atoms with Crippen LogP contribution in [0, 0.1) is 0 Å². The molecule has 0 fully saturated rings. The van der Waals surface area contributed by atoms with E-state index >= 15 is 0 Å². The molecule has 0 spiro atoms. The topological polar surface area (TPSA) is 55.1 Å². The molecule has 0 saturated carbocycles. The van der Waals surface area contributed by atoms with Crippen molar-refractivity contribution in [2.24, 2.45) is 7.05 Å². The molecule has 1 N–H and O–H groups in total. The van der Waals surface area contributed by atoms with Crippen LogP contribution in [0.1, 0.15) is 16.3 Å². The Labute approximate surface area is 93.0 Å². The Kier molecular flexibility index (Phi) is 3.27. The number of carbonyl (C=O) groups is 1. The van der Waals surface area contributed by atoms with Crippen molar-refractivity contribution in [2.75, 3.05) is 0 Å². The molecule has 0 bridgehead atoms. The minimum atomic E-state index is -4.66. The molecule has 0 amide bonds. The lowest BCUT2D eigenvalue weighted by molar-refractivity contribution is -0.0837. The summed E-state index contributed by atoms with van der Waals surface area (Å²) in [5.41, 5.74) is -0.0419. The first kappa shape index (κ1) is 12.6. The van der Waals surface area contributed by atoms with Crippen LogP contribution in [0.3, 0.4) is 0 Å². The third kappa shape index (κ3) is 2.54. The minimum absolute atomic E-state index is 0.0419. The van der Waals surface area contributed by atoms with Gasteiger partial charge in [-0.25, -0.2) is 9.78 Å². The molecule has 0 atom stereocenters. The van der Waals surface area contributed by atoms with E-state index in [1.165, 1.54) is 7.05 Å². The number of imidazole rings is 1. The average molecular weight is 255 g/mol. The van der Waals surface area contributed by atoms with Gasteiger partial charge in [0.15, 0.2) is 0 Å². The van der Waals surface area contributed by atoms with Crippen molar-refractivity contribution in [3.05, 3.63) is 22.7 Å². The van der Waals surface area contributed by atoms with Crippen molar-refractivity contribution < 1.29 is 23.1 Å². The third-order valence-electron chi connectivity index (χ3n) is 1.76. The standard InChI is InChI=1S/C8H6ClF3N2O2/c1-14-4(2-5(9)8(10,11)12)3-13-6(14)7(15)16/h2-3H,1H3,(H,15,16)/b5-2-. The van der Waals surface area contributed by atoms with Crippen LogP contribution in [-0.2, 0) is 7.05 Å². The Hall–Kier alpha value is -1.50. The zero-order valence-corrected chi connectivity index (χ0v) is 8.67. The second-order valence-corrected chi connectivity index (χ2v) is 3.27. The van der Waals surface area contributed by atoms with E-state index in [0.717, 1.165) is 10.8 Å². The number of carboxylic acids is 1. The summed E-state index contributed by atoms with van der Waals surface area (Å²) >= 11 is 5.00. The summed E-state index contributed by atoms with van der Waals surface area (Å²) in [5.74, 6) is -1.69. The molecule has 0 aliphatic heterocycles. The van der Waals surface area contributed by atoms with Crippen LogP contribution in [0.5, 0.6) is 0 Å². The van der Waals surface area contributed by atoms with Crippen molar-refractivity contribution in [3.63, 3.8) is 0 Å². The largest absolute Gasteiger partial charge is 0.475 e. The number of hydrogen-bond donors (Lipinski definition) is 1. The molecule has 0 radical (unpaired) electrons. The molecule has 4 nitrogen and oxygen atoms in total. The number of rotatable bonds is 2. The van der Waals surface area contributed by atoms with Crippen LogP contribution in [0.2, 0.25) is 0 Å². The summed E-state index contributed by atoms with van der Waals surface area (Å²) in [6.07, 6.45) is -3.05. The van der Waals surface area contributed by atoms with Crippen molar-refractivity contribution in [1.29, 1.82) is 0 Å². The number of allylic oxidation sites excluding steroid dienone is 1. The highest BCUT2D eigenvalue weighted by molar-refractivity contribution is 6.32. The Morgan fingerprint density at radius 2 is 2.19 bits per heavy atom. The molecule has 16 heavy (non-hydrogen) atoms. The molecular weight excluding hydrogens is 249 g/mol. The van der Waals surface area contributed by atoms with E-state index in [-0.39, 0.29) is 11.5 Å². The predicted octanol–water partition coefficient (Wildman–Crippen LogP) is 2.26. The van der Waals surface area contributed by atoms with E-state index in [0.29, 0.717) is 6.08 Å². The summed E-state index contributed by atoms with van der Waals surface area (Å²) < 4.78 is 37.3. The van der Waals surface area contributed by atoms with Crippen LogP contribution in [0.25, 0.3) is 6.08 Å². The first-order valence-electron chi connectivity index (χ1n) is 3.93. The fourth-order valence-electron chi connectivity index (χ4n) is 0.967. The third-order valence-corrected chi connectivity index (χ3v) is 2.08. The Morgan fingerprint density at radius 1 is 1.62 bits per heavy atom. The highest BCUT2D eigenvalue weighted by atomic mass is 35.5. The maximum Gasteiger partial charge on any atom is 0.427 e. The summed E-state index contributed by atoms with van der Waals surface area (Å²) in [6.45, 7) is 0.